The number of ether oxygens (including phenoxy) is 1. The van der Waals surface area contributed by atoms with Gasteiger partial charge in [0.2, 0.25) is 5.91 Å². The average molecular weight is 306 g/mol. The first-order chi connectivity index (χ1) is 10.6. The van der Waals surface area contributed by atoms with E-state index in [4.69, 9.17) is 0 Å². The summed E-state index contributed by atoms with van der Waals surface area (Å²) >= 11 is 0. The number of carbonyl (C=O) groups excluding carboxylic acids is 2. The van der Waals surface area contributed by atoms with Gasteiger partial charge in [-0.15, -0.1) is 0 Å². The number of carbonyl (C=O) groups is 2. The van der Waals surface area contributed by atoms with Gasteiger partial charge in [-0.3, -0.25) is 4.79 Å². The highest BCUT2D eigenvalue weighted by Gasteiger charge is 2.27. The molecule has 0 spiro atoms. The van der Waals surface area contributed by atoms with E-state index in [1.807, 2.05) is 0 Å². The summed E-state index contributed by atoms with van der Waals surface area (Å²) in [6.07, 6.45) is 3.71. The first-order valence-corrected chi connectivity index (χ1v) is 7.13. The van der Waals surface area contributed by atoms with Crippen LogP contribution >= 0.6 is 0 Å². The fraction of sp³-hybridized carbons (Fsp3) is 0.375. The van der Waals surface area contributed by atoms with Crippen molar-refractivity contribution in [2.24, 2.45) is 0 Å². The predicted octanol–water partition coefficient (Wildman–Crippen LogP) is 2.19. The molecule has 1 saturated heterocycles. The molecule has 1 atom stereocenters. The summed E-state index contributed by atoms with van der Waals surface area (Å²) in [5.41, 5.74) is 0.452. The number of benzene rings is 1. The molecule has 0 aromatic heterocycles. The van der Waals surface area contributed by atoms with Crippen LogP contribution in [0.1, 0.15) is 18.4 Å². The molecule has 6 heteroatoms. The van der Waals surface area contributed by atoms with Gasteiger partial charge in [0.15, 0.2) is 0 Å². The number of halogens is 1. The molecule has 1 fully saturated rings. The molecule has 1 N–H and O–H groups in total. The summed E-state index contributed by atoms with van der Waals surface area (Å²) < 4.78 is 18.0. The van der Waals surface area contributed by atoms with Gasteiger partial charge in [-0.2, -0.15) is 0 Å². The lowest BCUT2D eigenvalue weighted by Gasteiger charge is -2.15. The molecule has 1 aromatic carbocycles. The van der Waals surface area contributed by atoms with Crippen LogP contribution in [0.2, 0.25) is 0 Å². The van der Waals surface area contributed by atoms with Crippen molar-refractivity contribution >= 4 is 18.1 Å². The van der Waals surface area contributed by atoms with Crippen LogP contribution in [0.15, 0.2) is 30.3 Å². The molecule has 0 saturated carbocycles. The van der Waals surface area contributed by atoms with E-state index in [1.165, 1.54) is 13.2 Å². The first kappa shape index (κ1) is 16.0. The van der Waals surface area contributed by atoms with Crippen LogP contribution in [-0.2, 0) is 9.53 Å². The van der Waals surface area contributed by atoms with Gasteiger partial charge in [0.1, 0.15) is 5.82 Å². The lowest BCUT2D eigenvalue weighted by molar-refractivity contribution is -0.120. The van der Waals surface area contributed by atoms with Crippen LogP contribution in [0.3, 0.4) is 0 Å². The Morgan fingerprint density at radius 3 is 2.95 bits per heavy atom. The number of methoxy groups -OCH3 is 1. The van der Waals surface area contributed by atoms with Crippen molar-refractivity contribution in [3.8, 4) is 0 Å². The smallest absolute Gasteiger partial charge is 0.409 e. The van der Waals surface area contributed by atoms with Crippen LogP contribution in [0, 0.1) is 5.82 Å². The standard InChI is InChI=1S/C16H19FN2O3/c1-22-16(21)19-10-9-13(11-19)18-15(20)8-4-6-12-5-2-3-7-14(12)17/h2-7,13H,8-11H2,1H3,(H,18,20)/b6-4+/t13-/m0/s1. The van der Waals surface area contributed by atoms with Crippen molar-refractivity contribution in [3.05, 3.63) is 41.7 Å². The highest BCUT2D eigenvalue weighted by atomic mass is 19.1. The van der Waals surface area contributed by atoms with E-state index < -0.39 is 0 Å². The number of likely N-dealkylation sites (tertiary alicyclic amines) is 1. The Hall–Kier alpha value is -2.37. The zero-order valence-corrected chi connectivity index (χ0v) is 12.4. The predicted molar refractivity (Wildman–Crippen MR) is 80.6 cm³/mol. The lowest BCUT2D eigenvalue weighted by atomic mass is 10.2. The van der Waals surface area contributed by atoms with Crippen LogP contribution in [0.5, 0.6) is 0 Å². The van der Waals surface area contributed by atoms with E-state index in [0.29, 0.717) is 25.1 Å². The molecule has 0 unspecified atom stereocenters. The number of amides is 2. The van der Waals surface area contributed by atoms with Gasteiger partial charge >= 0.3 is 6.09 Å². The van der Waals surface area contributed by atoms with E-state index >= 15 is 0 Å². The van der Waals surface area contributed by atoms with Gasteiger partial charge in [0.25, 0.3) is 0 Å². The summed E-state index contributed by atoms with van der Waals surface area (Å²) in [6.45, 7) is 1.03. The average Bonchev–Trinajstić information content (AvgIpc) is 2.97. The summed E-state index contributed by atoms with van der Waals surface area (Å²) in [4.78, 5) is 24.7. The second-order valence-corrected chi connectivity index (χ2v) is 5.10. The summed E-state index contributed by atoms with van der Waals surface area (Å²) in [5, 5.41) is 2.86. The zero-order valence-electron chi connectivity index (χ0n) is 12.4. The molecular formula is C16H19FN2O3. The molecule has 1 aliphatic heterocycles. The van der Waals surface area contributed by atoms with E-state index in [0.717, 1.165) is 0 Å². The quantitative estimate of drug-likeness (QED) is 0.927. The molecule has 0 bridgehead atoms. The third-order valence-corrected chi connectivity index (χ3v) is 3.49. The Bertz CT molecular complexity index is 574. The van der Waals surface area contributed by atoms with E-state index in [1.54, 1.807) is 35.3 Å². The summed E-state index contributed by atoms with van der Waals surface area (Å²) in [5.74, 6) is -0.465. The van der Waals surface area contributed by atoms with Crippen LogP contribution in [0.25, 0.3) is 6.08 Å². The van der Waals surface area contributed by atoms with Crippen LogP contribution < -0.4 is 5.32 Å². The number of rotatable bonds is 4. The van der Waals surface area contributed by atoms with E-state index in [9.17, 15) is 14.0 Å². The monoisotopic (exact) mass is 306 g/mol. The highest BCUT2D eigenvalue weighted by Crippen LogP contribution is 2.11. The SMILES string of the molecule is COC(=O)N1CC[C@H](NC(=O)C/C=C/c2ccccc2F)C1. The van der Waals surface area contributed by atoms with Crippen molar-refractivity contribution in [2.75, 3.05) is 20.2 Å². The number of hydrogen-bond acceptors (Lipinski definition) is 3. The normalized spacial score (nSPS) is 17.7. The van der Waals surface area contributed by atoms with Crippen molar-refractivity contribution < 1.29 is 18.7 Å². The largest absolute Gasteiger partial charge is 0.453 e. The minimum atomic E-state index is -0.379. The Labute approximate surface area is 128 Å². The number of nitrogens with zero attached hydrogens (tertiary/aromatic N) is 1. The van der Waals surface area contributed by atoms with Gasteiger partial charge < -0.3 is 15.0 Å². The lowest BCUT2D eigenvalue weighted by Crippen LogP contribution is -2.38. The Morgan fingerprint density at radius 2 is 2.23 bits per heavy atom. The van der Waals surface area contributed by atoms with E-state index in [2.05, 4.69) is 10.1 Å². The minimum Gasteiger partial charge on any atom is -0.453 e. The summed E-state index contributed by atoms with van der Waals surface area (Å²) in [7, 11) is 1.34. The Morgan fingerprint density at radius 1 is 1.45 bits per heavy atom. The maximum Gasteiger partial charge on any atom is 0.409 e. The van der Waals surface area contributed by atoms with Crippen molar-refractivity contribution in [1.29, 1.82) is 0 Å². The Kier molecular flexibility index (Phi) is 5.52. The Balaban J connectivity index is 1.77. The fourth-order valence-electron chi connectivity index (χ4n) is 2.36. The topological polar surface area (TPSA) is 58.6 Å². The molecule has 1 heterocycles. The molecular weight excluding hydrogens is 287 g/mol. The van der Waals surface area contributed by atoms with Crippen LogP contribution in [-0.4, -0.2) is 43.1 Å². The molecule has 0 radical (unpaired) electrons. The number of nitrogens with one attached hydrogen (secondary N) is 1. The third-order valence-electron chi connectivity index (χ3n) is 3.49. The molecule has 1 aromatic rings. The van der Waals surface area contributed by atoms with Crippen molar-refractivity contribution in [1.82, 2.24) is 10.2 Å². The van der Waals surface area contributed by atoms with Gasteiger partial charge in [-0.05, 0) is 12.5 Å². The molecule has 118 valence electrons. The third kappa shape index (κ3) is 4.31. The van der Waals surface area contributed by atoms with Gasteiger partial charge in [-0.1, -0.05) is 30.4 Å². The van der Waals surface area contributed by atoms with Crippen molar-refractivity contribution in [2.45, 2.75) is 18.9 Å². The molecule has 5 nitrogen and oxygen atoms in total. The van der Waals surface area contributed by atoms with Gasteiger partial charge in [-0.25, -0.2) is 9.18 Å². The summed E-state index contributed by atoms with van der Waals surface area (Å²) in [6, 6.07) is 6.32. The maximum absolute atomic E-state index is 13.4. The highest BCUT2D eigenvalue weighted by molar-refractivity contribution is 5.79. The van der Waals surface area contributed by atoms with Gasteiger partial charge in [0, 0.05) is 31.1 Å². The fourth-order valence-corrected chi connectivity index (χ4v) is 2.36. The minimum absolute atomic E-state index is 0.0616. The molecule has 0 aliphatic carbocycles. The maximum atomic E-state index is 13.4. The second kappa shape index (κ2) is 7.59. The number of hydrogen-bond donors (Lipinski definition) is 1. The second-order valence-electron chi connectivity index (χ2n) is 5.10. The van der Waals surface area contributed by atoms with Gasteiger partial charge in [0.05, 0.1) is 7.11 Å². The molecule has 2 rings (SSSR count). The molecule has 2 amide bonds. The van der Waals surface area contributed by atoms with E-state index in [-0.39, 0.29) is 30.3 Å². The molecule has 1 aliphatic rings. The zero-order chi connectivity index (χ0) is 15.9. The first-order valence-electron chi connectivity index (χ1n) is 7.13. The van der Waals surface area contributed by atoms with Crippen LogP contribution in [0.4, 0.5) is 9.18 Å². The molecule has 22 heavy (non-hydrogen) atoms. The van der Waals surface area contributed by atoms with Crippen molar-refractivity contribution in [3.63, 3.8) is 0 Å².